The van der Waals surface area contributed by atoms with Crippen LogP contribution in [-0.2, 0) is 11.0 Å². The highest BCUT2D eigenvalue weighted by Crippen LogP contribution is 2.46. The smallest absolute Gasteiger partial charge is 0.341 e. The lowest BCUT2D eigenvalue weighted by atomic mass is 9.96. The fourth-order valence-electron chi connectivity index (χ4n) is 5.13. The summed E-state index contributed by atoms with van der Waals surface area (Å²) in [6, 6.07) is 5.53. The van der Waals surface area contributed by atoms with Gasteiger partial charge in [0.15, 0.2) is 0 Å². The van der Waals surface area contributed by atoms with Crippen LogP contribution in [0.15, 0.2) is 30.3 Å². The number of benzene rings is 1. The summed E-state index contributed by atoms with van der Waals surface area (Å²) >= 11 is 9.40. The highest BCUT2D eigenvalue weighted by Gasteiger charge is 2.51. The molecule has 1 saturated carbocycles. The Balaban J connectivity index is 1.71. The van der Waals surface area contributed by atoms with Crippen LogP contribution in [-0.4, -0.2) is 34.8 Å². The standard InChI is InChI=1S/C24H25BrClF4N3O/c1-14-10-16(24(28,29)30)12-21(31-14)33-18-5-4-15(11-18)22(33)23(34)32(9-3-2-8-25)17-6-7-20(27)19(26)13-17/h6-7,10,12-13,15,18,22H,2-5,8-9,11H2,1H3/t15-,18+,22-/m0/s1. The number of piperidine rings is 1. The van der Waals surface area contributed by atoms with Crippen LogP contribution in [0.1, 0.15) is 43.4 Å². The van der Waals surface area contributed by atoms with Crippen LogP contribution < -0.4 is 9.80 Å². The second-order valence-corrected chi connectivity index (χ2v) is 10.1. The van der Waals surface area contributed by atoms with Crippen molar-refractivity contribution in [3.63, 3.8) is 0 Å². The van der Waals surface area contributed by atoms with Crippen molar-refractivity contribution in [3.05, 3.63) is 52.4 Å². The molecule has 2 fully saturated rings. The number of amides is 1. The number of aromatic nitrogens is 1. The SMILES string of the molecule is Cc1cc(C(F)(F)F)cc(N2[C@@H]3CC[C@@H](C3)[C@H]2C(=O)N(CCCCBr)c2ccc(F)c(Cl)c2)n1. The zero-order chi connectivity index (χ0) is 24.6. The van der Waals surface area contributed by atoms with Crippen molar-refractivity contribution in [2.75, 3.05) is 21.7 Å². The molecule has 1 aliphatic heterocycles. The third-order valence-corrected chi connectivity index (χ3v) is 7.47. The van der Waals surface area contributed by atoms with E-state index in [1.807, 2.05) is 0 Å². The van der Waals surface area contributed by atoms with E-state index in [0.717, 1.165) is 43.1 Å². The molecule has 1 amide bonds. The van der Waals surface area contributed by atoms with Gasteiger partial charge in [0, 0.05) is 29.3 Å². The number of anilines is 2. The average molecular weight is 563 g/mol. The van der Waals surface area contributed by atoms with Gasteiger partial charge in [-0.2, -0.15) is 13.2 Å². The topological polar surface area (TPSA) is 36.4 Å². The summed E-state index contributed by atoms with van der Waals surface area (Å²) in [6.07, 6.45) is -0.617. The van der Waals surface area contributed by atoms with Gasteiger partial charge in [0.05, 0.1) is 10.6 Å². The molecule has 3 atom stereocenters. The molecule has 1 aromatic carbocycles. The van der Waals surface area contributed by atoms with Gasteiger partial charge in [0.1, 0.15) is 17.7 Å². The third kappa shape index (κ3) is 5.05. The molecule has 0 unspecified atom stereocenters. The molecule has 2 aliphatic rings. The molecule has 0 N–H and O–H groups in total. The lowest BCUT2D eigenvalue weighted by Gasteiger charge is -2.38. The molecule has 34 heavy (non-hydrogen) atoms. The molecule has 2 heterocycles. The van der Waals surface area contributed by atoms with E-state index in [2.05, 4.69) is 20.9 Å². The normalized spacial score (nSPS) is 21.9. The van der Waals surface area contributed by atoms with Crippen molar-refractivity contribution >= 4 is 44.9 Å². The van der Waals surface area contributed by atoms with E-state index >= 15 is 0 Å². The minimum absolute atomic E-state index is 0.0174. The zero-order valence-corrected chi connectivity index (χ0v) is 20.9. The van der Waals surface area contributed by atoms with Crippen molar-refractivity contribution < 1.29 is 22.4 Å². The van der Waals surface area contributed by atoms with E-state index in [4.69, 9.17) is 11.6 Å². The number of carbonyl (C=O) groups excluding carboxylic acids is 1. The van der Waals surface area contributed by atoms with Crippen LogP contribution in [0, 0.1) is 18.7 Å². The molecule has 2 bridgehead atoms. The first-order valence-electron chi connectivity index (χ1n) is 11.3. The van der Waals surface area contributed by atoms with Crippen molar-refractivity contribution in [1.29, 1.82) is 0 Å². The summed E-state index contributed by atoms with van der Waals surface area (Å²) in [6.45, 7) is 1.92. The Labute approximate surface area is 209 Å². The van der Waals surface area contributed by atoms with E-state index < -0.39 is 23.6 Å². The summed E-state index contributed by atoms with van der Waals surface area (Å²) < 4.78 is 54.3. The molecular weight excluding hydrogens is 538 g/mol. The molecule has 184 valence electrons. The van der Waals surface area contributed by atoms with E-state index in [1.54, 1.807) is 9.80 Å². The van der Waals surface area contributed by atoms with Crippen molar-refractivity contribution in [3.8, 4) is 0 Å². The molecule has 1 saturated heterocycles. The first-order valence-corrected chi connectivity index (χ1v) is 12.8. The number of carbonyl (C=O) groups is 1. The first-order chi connectivity index (χ1) is 16.1. The van der Waals surface area contributed by atoms with Crippen LogP contribution in [0.5, 0.6) is 0 Å². The second-order valence-electron chi connectivity index (χ2n) is 8.92. The summed E-state index contributed by atoms with van der Waals surface area (Å²) in [5, 5.41) is 0.683. The first kappa shape index (κ1) is 25.2. The van der Waals surface area contributed by atoms with Crippen LogP contribution in [0.3, 0.4) is 0 Å². The van der Waals surface area contributed by atoms with Crippen LogP contribution in [0.4, 0.5) is 29.1 Å². The number of halogens is 6. The fourth-order valence-corrected chi connectivity index (χ4v) is 5.70. The number of nitrogens with zero attached hydrogens (tertiary/aromatic N) is 3. The zero-order valence-electron chi connectivity index (χ0n) is 18.6. The van der Waals surface area contributed by atoms with Gasteiger partial charge in [0.25, 0.3) is 0 Å². The predicted molar refractivity (Wildman–Crippen MR) is 128 cm³/mol. The van der Waals surface area contributed by atoms with Crippen LogP contribution in [0.2, 0.25) is 5.02 Å². The molecule has 4 nitrogen and oxygen atoms in total. The Bertz CT molecular complexity index is 1070. The Morgan fingerprint density at radius 2 is 2.00 bits per heavy atom. The van der Waals surface area contributed by atoms with E-state index in [0.29, 0.717) is 18.7 Å². The van der Waals surface area contributed by atoms with E-state index in [1.165, 1.54) is 25.1 Å². The summed E-state index contributed by atoms with van der Waals surface area (Å²) in [5.74, 6) is -0.607. The van der Waals surface area contributed by atoms with Gasteiger partial charge in [0.2, 0.25) is 5.91 Å². The molecular formula is C24H25BrClF4N3O. The number of rotatable bonds is 7. The van der Waals surface area contributed by atoms with Crippen LogP contribution >= 0.6 is 27.5 Å². The molecule has 0 radical (unpaired) electrons. The summed E-state index contributed by atoms with van der Waals surface area (Å²) in [4.78, 5) is 21.7. The number of fused-ring (bicyclic) bond motifs is 2. The van der Waals surface area contributed by atoms with Gasteiger partial charge in [-0.1, -0.05) is 27.5 Å². The molecule has 4 rings (SSSR count). The lowest BCUT2D eigenvalue weighted by Crippen LogP contribution is -2.52. The average Bonchev–Trinajstić information content (AvgIpc) is 3.39. The van der Waals surface area contributed by atoms with E-state index in [9.17, 15) is 22.4 Å². The van der Waals surface area contributed by atoms with Gasteiger partial charge in [-0.3, -0.25) is 4.79 Å². The maximum absolute atomic E-state index is 14.0. The third-order valence-electron chi connectivity index (χ3n) is 6.62. The monoisotopic (exact) mass is 561 g/mol. The van der Waals surface area contributed by atoms with E-state index in [-0.39, 0.29) is 34.4 Å². The lowest BCUT2D eigenvalue weighted by molar-refractivity contribution is -0.137. The maximum Gasteiger partial charge on any atom is 0.416 e. The predicted octanol–water partition coefficient (Wildman–Crippen LogP) is 6.77. The Kier molecular flexibility index (Phi) is 7.43. The van der Waals surface area contributed by atoms with Gasteiger partial charge >= 0.3 is 6.18 Å². The Morgan fingerprint density at radius 1 is 1.24 bits per heavy atom. The Morgan fingerprint density at radius 3 is 2.68 bits per heavy atom. The molecule has 1 aromatic heterocycles. The van der Waals surface area contributed by atoms with Crippen LogP contribution in [0.25, 0.3) is 0 Å². The van der Waals surface area contributed by atoms with Crippen molar-refractivity contribution in [2.45, 2.75) is 57.3 Å². The van der Waals surface area contributed by atoms with Gasteiger partial charge in [-0.05, 0) is 75.3 Å². The number of pyridine rings is 1. The molecule has 0 spiro atoms. The minimum Gasteiger partial charge on any atom is -0.341 e. The maximum atomic E-state index is 14.0. The number of alkyl halides is 4. The minimum atomic E-state index is -4.51. The summed E-state index contributed by atoms with van der Waals surface area (Å²) in [5.41, 5.74) is -0.0522. The largest absolute Gasteiger partial charge is 0.416 e. The number of unbranched alkanes of at least 4 members (excludes halogenated alkanes) is 1. The van der Waals surface area contributed by atoms with Crippen molar-refractivity contribution in [2.24, 2.45) is 5.92 Å². The fraction of sp³-hybridized carbons (Fsp3) is 0.500. The number of hydrogen-bond donors (Lipinski definition) is 0. The van der Waals surface area contributed by atoms with Gasteiger partial charge < -0.3 is 9.80 Å². The summed E-state index contributed by atoms with van der Waals surface area (Å²) in [7, 11) is 0. The van der Waals surface area contributed by atoms with Crippen molar-refractivity contribution in [1.82, 2.24) is 4.98 Å². The Hall–Kier alpha value is -1.87. The number of hydrogen-bond acceptors (Lipinski definition) is 3. The van der Waals surface area contributed by atoms with Gasteiger partial charge in [-0.25, -0.2) is 9.37 Å². The molecule has 1 aliphatic carbocycles. The highest BCUT2D eigenvalue weighted by molar-refractivity contribution is 9.09. The molecule has 2 aromatic rings. The molecule has 10 heteroatoms. The quantitative estimate of drug-likeness (QED) is 0.212. The number of aryl methyl sites for hydroxylation is 1. The second kappa shape index (κ2) is 10.0. The van der Waals surface area contributed by atoms with Gasteiger partial charge in [-0.15, -0.1) is 0 Å². The highest BCUT2D eigenvalue weighted by atomic mass is 79.9.